The van der Waals surface area contributed by atoms with Gasteiger partial charge in [-0.15, -0.1) is 11.3 Å². The van der Waals surface area contributed by atoms with Gasteiger partial charge in [0.05, 0.1) is 41.6 Å². The number of aromatic nitrogens is 1. The zero-order valence-corrected chi connectivity index (χ0v) is 24.8. The van der Waals surface area contributed by atoms with Crippen molar-refractivity contribution in [2.24, 2.45) is 0 Å². The summed E-state index contributed by atoms with van der Waals surface area (Å²) in [5.41, 5.74) is 1.85. The van der Waals surface area contributed by atoms with E-state index in [2.05, 4.69) is 15.6 Å². The van der Waals surface area contributed by atoms with Crippen LogP contribution in [0.15, 0.2) is 54.6 Å². The summed E-state index contributed by atoms with van der Waals surface area (Å²) in [6.07, 6.45) is -1.16. The zero-order valence-electron chi connectivity index (χ0n) is 24.0. The minimum atomic E-state index is -1.27. The van der Waals surface area contributed by atoms with Gasteiger partial charge in [0.25, 0.3) is 17.7 Å². The van der Waals surface area contributed by atoms with Crippen molar-refractivity contribution in [1.29, 1.82) is 0 Å². The van der Waals surface area contributed by atoms with Crippen LogP contribution in [-0.2, 0) is 35.3 Å². The highest BCUT2D eigenvalue weighted by Gasteiger charge is 2.40. The molecule has 0 unspecified atom stereocenters. The number of ether oxygens (including phenoxy) is 2. The van der Waals surface area contributed by atoms with E-state index in [1.54, 1.807) is 38.1 Å². The van der Waals surface area contributed by atoms with E-state index < -0.39 is 61.1 Å². The fourth-order valence-electron chi connectivity index (χ4n) is 5.10. The van der Waals surface area contributed by atoms with Crippen molar-refractivity contribution in [2.75, 3.05) is 29.5 Å². The minimum absolute atomic E-state index is 0.124. The molecule has 44 heavy (non-hydrogen) atoms. The van der Waals surface area contributed by atoms with E-state index in [0.717, 1.165) is 16.9 Å². The first-order valence-corrected chi connectivity index (χ1v) is 14.7. The lowest BCUT2D eigenvalue weighted by Crippen LogP contribution is -2.55. The average Bonchev–Trinajstić information content (AvgIpc) is 3.52. The number of thiazole rings is 1. The van der Waals surface area contributed by atoms with Gasteiger partial charge < -0.3 is 30.1 Å². The molecule has 3 atom stereocenters. The second kappa shape index (κ2) is 13.3. The molecule has 14 heteroatoms. The predicted molar refractivity (Wildman–Crippen MR) is 159 cm³/mol. The third-order valence-electron chi connectivity index (χ3n) is 7.11. The summed E-state index contributed by atoms with van der Waals surface area (Å²) >= 11 is 1.16. The largest absolute Gasteiger partial charge is 0.433 e. The van der Waals surface area contributed by atoms with E-state index in [9.17, 15) is 29.1 Å². The van der Waals surface area contributed by atoms with Crippen LogP contribution in [0, 0.1) is 13.8 Å². The van der Waals surface area contributed by atoms with Gasteiger partial charge in [-0.05, 0) is 31.5 Å². The van der Waals surface area contributed by atoms with E-state index >= 15 is 0 Å². The van der Waals surface area contributed by atoms with Crippen LogP contribution in [0.2, 0.25) is 0 Å². The van der Waals surface area contributed by atoms with Gasteiger partial charge in [0.15, 0.2) is 0 Å². The highest BCUT2D eigenvalue weighted by Crippen LogP contribution is 2.33. The summed E-state index contributed by atoms with van der Waals surface area (Å²) < 4.78 is 11.0. The van der Waals surface area contributed by atoms with Gasteiger partial charge in [-0.1, -0.05) is 42.5 Å². The Morgan fingerprint density at radius 3 is 2.43 bits per heavy atom. The van der Waals surface area contributed by atoms with Gasteiger partial charge in [0.1, 0.15) is 30.1 Å². The van der Waals surface area contributed by atoms with E-state index in [-0.39, 0.29) is 30.9 Å². The number of hydrogen-bond acceptors (Lipinski definition) is 10. The molecule has 2 aliphatic heterocycles. The normalized spacial score (nSPS) is 19.7. The zero-order chi connectivity index (χ0) is 31.4. The monoisotopic (exact) mass is 621 g/mol. The molecule has 2 aliphatic rings. The third-order valence-corrected chi connectivity index (χ3v) is 8.18. The van der Waals surface area contributed by atoms with Crippen molar-refractivity contribution >= 4 is 52.3 Å². The molecule has 0 spiro atoms. The first-order valence-electron chi connectivity index (χ1n) is 13.9. The summed E-state index contributed by atoms with van der Waals surface area (Å²) in [5, 5.41) is 15.8. The van der Waals surface area contributed by atoms with Crippen molar-refractivity contribution in [1.82, 2.24) is 15.6 Å². The number of esters is 1. The van der Waals surface area contributed by atoms with Gasteiger partial charge in [-0.3, -0.25) is 28.9 Å². The fourth-order valence-corrected chi connectivity index (χ4v) is 5.92. The molecule has 230 valence electrons. The molecule has 1 saturated heterocycles. The molecule has 0 saturated carbocycles. The van der Waals surface area contributed by atoms with E-state index in [0.29, 0.717) is 15.6 Å². The number of nitrogens with zero attached hydrogens (tertiary/aromatic N) is 3. The number of hydrogen-bond donors (Lipinski definition) is 3. The maximum Gasteiger partial charge on any atom is 0.310 e. The van der Waals surface area contributed by atoms with Crippen molar-refractivity contribution < 1.29 is 38.6 Å². The van der Waals surface area contributed by atoms with E-state index in [1.807, 2.05) is 30.3 Å². The third kappa shape index (κ3) is 6.77. The lowest BCUT2D eigenvalue weighted by atomic mass is 10.2. The number of nitrogens with one attached hydrogen (secondary N) is 2. The lowest BCUT2D eigenvalue weighted by Gasteiger charge is -2.26. The predicted octanol–water partition coefficient (Wildman–Crippen LogP) is 1.21. The van der Waals surface area contributed by atoms with Crippen LogP contribution in [0.5, 0.6) is 0 Å². The van der Waals surface area contributed by atoms with Crippen LogP contribution < -0.4 is 20.4 Å². The number of anilines is 2. The molecule has 0 radical (unpaired) electrons. The molecule has 2 aromatic carbocycles. The smallest absolute Gasteiger partial charge is 0.310 e. The number of amides is 4. The van der Waals surface area contributed by atoms with Gasteiger partial charge in [0.2, 0.25) is 12.2 Å². The maximum absolute atomic E-state index is 14.0. The second-order valence-corrected chi connectivity index (χ2v) is 11.5. The van der Waals surface area contributed by atoms with Crippen molar-refractivity contribution in [3.05, 3.63) is 75.7 Å². The van der Waals surface area contributed by atoms with Gasteiger partial charge in [0, 0.05) is 0 Å². The molecule has 0 aliphatic carbocycles. The SMILES string of the molecule is Cc1nc(C)c(C(=O)N[C@H]2CN(C(=O)CO)c3ccccc3N(CC(=O)N[C@H]3CC(=O)O[C@H]3OCc3ccccc3)C2=O)s1. The Morgan fingerprint density at radius 1 is 1.05 bits per heavy atom. The summed E-state index contributed by atoms with van der Waals surface area (Å²) in [4.78, 5) is 72.5. The van der Waals surface area contributed by atoms with Gasteiger partial charge in [-0.2, -0.15) is 0 Å². The minimum Gasteiger partial charge on any atom is -0.433 e. The number of carbonyl (C=O) groups is 5. The number of aliphatic hydroxyl groups excluding tert-OH is 1. The molecule has 1 aromatic heterocycles. The molecule has 1 fully saturated rings. The van der Waals surface area contributed by atoms with Crippen molar-refractivity contribution in [3.63, 3.8) is 0 Å². The molecule has 3 aromatic rings. The maximum atomic E-state index is 14.0. The quantitative estimate of drug-likeness (QED) is 0.298. The molecular weight excluding hydrogens is 590 g/mol. The average molecular weight is 622 g/mol. The number of cyclic esters (lactones) is 1. The van der Waals surface area contributed by atoms with Crippen LogP contribution in [-0.4, -0.2) is 77.8 Å². The van der Waals surface area contributed by atoms with Gasteiger partial charge in [-0.25, -0.2) is 4.98 Å². The molecular formula is C30H31N5O8S. The lowest BCUT2D eigenvalue weighted by molar-refractivity contribution is -0.168. The Kier molecular flexibility index (Phi) is 9.32. The van der Waals surface area contributed by atoms with Crippen LogP contribution >= 0.6 is 11.3 Å². The molecule has 3 heterocycles. The first-order chi connectivity index (χ1) is 21.1. The van der Waals surface area contributed by atoms with Crippen LogP contribution in [0.3, 0.4) is 0 Å². The van der Waals surface area contributed by atoms with Crippen LogP contribution in [0.4, 0.5) is 11.4 Å². The number of rotatable bonds is 9. The Bertz CT molecular complexity index is 1580. The highest BCUT2D eigenvalue weighted by atomic mass is 32.1. The molecule has 13 nitrogen and oxygen atoms in total. The Morgan fingerprint density at radius 2 is 1.75 bits per heavy atom. The first kappa shape index (κ1) is 30.8. The van der Waals surface area contributed by atoms with Crippen molar-refractivity contribution in [2.45, 2.75) is 45.2 Å². The summed E-state index contributed by atoms with van der Waals surface area (Å²) in [7, 11) is 0. The summed E-state index contributed by atoms with van der Waals surface area (Å²) in [6, 6.07) is 13.6. The second-order valence-electron chi connectivity index (χ2n) is 10.3. The number of aliphatic hydroxyl groups is 1. The molecule has 4 amide bonds. The summed E-state index contributed by atoms with van der Waals surface area (Å²) in [6.45, 7) is 1.96. The number of fused-ring (bicyclic) bond motifs is 1. The Hall–Kier alpha value is -4.66. The standard InChI is InChI=1S/C30H31N5O8S/c1-17-27(44-18(2)31-17)28(40)33-21-13-34(25(38)15-36)22-10-6-7-11-23(22)35(29(21)41)14-24(37)32-20-12-26(39)43-30(20)42-16-19-8-4-3-5-9-19/h3-11,20-21,30,36H,12-16H2,1-2H3,(H,32,37)(H,33,40)/t20-,21-,30+/m0/s1. The van der Waals surface area contributed by atoms with Crippen LogP contribution in [0.25, 0.3) is 0 Å². The van der Waals surface area contributed by atoms with Crippen LogP contribution in [0.1, 0.15) is 32.4 Å². The Balaban J connectivity index is 1.37. The number of benzene rings is 2. The van der Waals surface area contributed by atoms with Crippen molar-refractivity contribution in [3.8, 4) is 0 Å². The topological polar surface area (TPSA) is 167 Å². The number of aryl methyl sites for hydroxylation is 2. The molecule has 0 bridgehead atoms. The molecule has 3 N–H and O–H groups in total. The molecule has 5 rings (SSSR count). The Labute approximate surface area is 256 Å². The number of para-hydroxylation sites is 2. The van der Waals surface area contributed by atoms with E-state index in [1.165, 1.54) is 9.80 Å². The summed E-state index contributed by atoms with van der Waals surface area (Å²) in [5.74, 6) is -3.06. The van der Waals surface area contributed by atoms with Gasteiger partial charge >= 0.3 is 5.97 Å². The fraction of sp³-hybridized carbons (Fsp3) is 0.333. The highest BCUT2D eigenvalue weighted by molar-refractivity contribution is 7.13. The number of carbonyl (C=O) groups excluding carboxylic acids is 5. The van der Waals surface area contributed by atoms with E-state index in [4.69, 9.17) is 9.47 Å².